The van der Waals surface area contributed by atoms with Gasteiger partial charge in [-0.05, 0) is 43.7 Å². The normalized spacial score (nSPS) is 16.7. The van der Waals surface area contributed by atoms with Crippen LogP contribution in [0.25, 0.3) is 0 Å². The summed E-state index contributed by atoms with van der Waals surface area (Å²) in [6.45, 7) is 5.47. The Hall–Kier alpha value is -1.26. The third-order valence-corrected chi connectivity index (χ3v) is 4.37. The molecule has 0 spiro atoms. The summed E-state index contributed by atoms with van der Waals surface area (Å²) in [4.78, 5) is 16.4. The second-order valence-corrected chi connectivity index (χ2v) is 5.85. The minimum absolute atomic E-state index is 0.0277. The number of rotatable bonds is 5. The lowest BCUT2D eigenvalue weighted by Crippen LogP contribution is -2.46. The molecule has 0 radical (unpaired) electrons. The second kappa shape index (κ2) is 7.66. The summed E-state index contributed by atoms with van der Waals surface area (Å²) >= 11 is 5.82. The van der Waals surface area contributed by atoms with Gasteiger partial charge < -0.3 is 14.5 Å². The van der Waals surface area contributed by atoms with Crippen molar-refractivity contribution in [1.29, 1.82) is 0 Å². The van der Waals surface area contributed by atoms with Crippen molar-refractivity contribution in [1.82, 2.24) is 9.80 Å². The predicted molar refractivity (Wildman–Crippen MR) is 84.9 cm³/mol. The minimum atomic E-state index is 0.0277. The zero-order valence-corrected chi connectivity index (χ0v) is 13.5. The molecular weight excluding hydrogens is 288 g/mol. The van der Waals surface area contributed by atoms with Gasteiger partial charge in [0.25, 0.3) is 5.91 Å². The van der Waals surface area contributed by atoms with E-state index in [1.807, 2.05) is 11.9 Å². The summed E-state index contributed by atoms with van der Waals surface area (Å²) in [5, 5.41) is 0.661. The molecule has 1 aromatic rings. The van der Waals surface area contributed by atoms with E-state index in [4.69, 9.17) is 16.3 Å². The van der Waals surface area contributed by atoms with Crippen molar-refractivity contribution < 1.29 is 9.53 Å². The monoisotopic (exact) mass is 310 g/mol. The van der Waals surface area contributed by atoms with Gasteiger partial charge in [-0.25, -0.2) is 0 Å². The number of hydrogen-bond acceptors (Lipinski definition) is 3. The Kier molecular flexibility index (Phi) is 5.88. The topological polar surface area (TPSA) is 32.8 Å². The first-order valence-corrected chi connectivity index (χ1v) is 7.84. The van der Waals surface area contributed by atoms with Crippen molar-refractivity contribution >= 4 is 17.5 Å². The van der Waals surface area contributed by atoms with E-state index in [2.05, 4.69) is 11.8 Å². The first-order valence-electron chi connectivity index (χ1n) is 7.46. The van der Waals surface area contributed by atoms with Gasteiger partial charge in [0.1, 0.15) is 5.75 Å². The molecule has 0 bridgehead atoms. The lowest BCUT2D eigenvalue weighted by Gasteiger charge is -2.36. The summed E-state index contributed by atoms with van der Waals surface area (Å²) in [6.07, 6.45) is 2.08. The fraction of sp³-hybridized carbons (Fsp3) is 0.562. The Balaban J connectivity index is 1.78. The summed E-state index contributed by atoms with van der Waals surface area (Å²) < 4.78 is 5.52. The maximum atomic E-state index is 12.2. The van der Waals surface area contributed by atoms with Gasteiger partial charge in [0, 0.05) is 31.2 Å². The molecule has 1 aromatic carbocycles. The van der Waals surface area contributed by atoms with E-state index in [1.54, 1.807) is 24.3 Å². The molecule has 0 N–H and O–H groups in total. The molecule has 0 aliphatic carbocycles. The first kappa shape index (κ1) is 16.1. The first-order chi connectivity index (χ1) is 10.1. The van der Waals surface area contributed by atoms with Crippen LogP contribution in [0.5, 0.6) is 5.75 Å². The van der Waals surface area contributed by atoms with Crippen molar-refractivity contribution in [2.45, 2.75) is 25.8 Å². The number of nitrogens with zero attached hydrogens (tertiary/aromatic N) is 2. The molecule has 2 rings (SSSR count). The molecule has 1 fully saturated rings. The van der Waals surface area contributed by atoms with Gasteiger partial charge in [-0.15, -0.1) is 0 Å². The molecule has 1 aliphatic heterocycles. The second-order valence-electron chi connectivity index (χ2n) is 5.41. The molecule has 1 saturated heterocycles. The number of carbonyl (C=O) groups is 1. The molecule has 1 amide bonds. The fourth-order valence-corrected chi connectivity index (χ4v) is 2.73. The third kappa shape index (κ3) is 4.61. The Morgan fingerprint density at radius 2 is 1.95 bits per heavy atom. The quantitative estimate of drug-likeness (QED) is 0.838. The number of piperidine rings is 1. The Morgan fingerprint density at radius 1 is 1.33 bits per heavy atom. The summed E-state index contributed by atoms with van der Waals surface area (Å²) in [5.41, 5.74) is 0. The fourth-order valence-electron chi connectivity index (χ4n) is 2.60. The zero-order valence-electron chi connectivity index (χ0n) is 12.7. The standard InChI is InChI=1S/C16H23ClN2O2/c1-3-19-10-8-14(9-11-19)18(2)16(20)12-21-15-6-4-13(17)5-7-15/h4-7,14H,3,8-12H2,1-2H3. The summed E-state index contributed by atoms with van der Waals surface area (Å²) in [7, 11) is 1.87. The summed E-state index contributed by atoms with van der Waals surface area (Å²) in [6, 6.07) is 7.39. The van der Waals surface area contributed by atoms with Crippen LogP contribution in [-0.2, 0) is 4.79 Å². The number of hydrogen-bond donors (Lipinski definition) is 0. The van der Waals surface area contributed by atoms with E-state index in [1.165, 1.54) is 0 Å². The van der Waals surface area contributed by atoms with Crippen LogP contribution in [-0.4, -0.2) is 55.0 Å². The van der Waals surface area contributed by atoms with Crippen LogP contribution in [0.3, 0.4) is 0 Å². The van der Waals surface area contributed by atoms with E-state index in [0.717, 1.165) is 32.5 Å². The number of benzene rings is 1. The van der Waals surface area contributed by atoms with E-state index in [-0.39, 0.29) is 12.5 Å². The van der Waals surface area contributed by atoms with E-state index < -0.39 is 0 Å². The Bertz CT molecular complexity index is 456. The van der Waals surface area contributed by atoms with Gasteiger partial charge in [0.2, 0.25) is 0 Å². The molecule has 5 heteroatoms. The lowest BCUT2D eigenvalue weighted by atomic mass is 10.0. The van der Waals surface area contributed by atoms with Gasteiger partial charge in [-0.3, -0.25) is 4.79 Å². The largest absolute Gasteiger partial charge is 0.484 e. The van der Waals surface area contributed by atoms with E-state index in [9.17, 15) is 4.79 Å². The van der Waals surface area contributed by atoms with Crippen molar-refractivity contribution in [3.05, 3.63) is 29.3 Å². The van der Waals surface area contributed by atoms with Crippen molar-refractivity contribution in [2.75, 3.05) is 33.3 Å². The van der Waals surface area contributed by atoms with Crippen molar-refractivity contribution in [2.24, 2.45) is 0 Å². The number of halogens is 1. The third-order valence-electron chi connectivity index (χ3n) is 4.12. The average molecular weight is 311 g/mol. The van der Waals surface area contributed by atoms with Crippen LogP contribution in [0.1, 0.15) is 19.8 Å². The molecular formula is C16H23ClN2O2. The SMILES string of the molecule is CCN1CCC(N(C)C(=O)COc2ccc(Cl)cc2)CC1. The van der Waals surface area contributed by atoms with Crippen LogP contribution < -0.4 is 4.74 Å². The molecule has 4 nitrogen and oxygen atoms in total. The van der Waals surface area contributed by atoms with Crippen LogP contribution in [0.4, 0.5) is 0 Å². The predicted octanol–water partition coefficient (Wildman–Crippen LogP) is 2.66. The molecule has 0 atom stereocenters. The molecule has 1 heterocycles. The van der Waals surface area contributed by atoms with Gasteiger partial charge in [0.05, 0.1) is 0 Å². The van der Waals surface area contributed by atoms with Crippen molar-refractivity contribution in [3.63, 3.8) is 0 Å². The van der Waals surface area contributed by atoms with Crippen LogP contribution >= 0.6 is 11.6 Å². The van der Waals surface area contributed by atoms with Gasteiger partial charge in [0.15, 0.2) is 6.61 Å². The van der Waals surface area contributed by atoms with E-state index >= 15 is 0 Å². The Morgan fingerprint density at radius 3 is 2.52 bits per heavy atom. The highest BCUT2D eigenvalue weighted by Gasteiger charge is 2.24. The Labute approximate surface area is 131 Å². The zero-order chi connectivity index (χ0) is 15.2. The number of amides is 1. The van der Waals surface area contributed by atoms with Crippen LogP contribution in [0.15, 0.2) is 24.3 Å². The minimum Gasteiger partial charge on any atom is -0.484 e. The number of likely N-dealkylation sites (tertiary alicyclic amines) is 1. The molecule has 0 saturated carbocycles. The van der Waals surface area contributed by atoms with E-state index in [0.29, 0.717) is 16.8 Å². The van der Waals surface area contributed by atoms with Gasteiger partial charge in [-0.1, -0.05) is 18.5 Å². The number of likely N-dealkylation sites (N-methyl/N-ethyl adjacent to an activating group) is 1. The number of carbonyl (C=O) groups excluding carboxylic acids is 1. The highest BCUT2D eigenvalue weighted by molar-refractivity contribution is 6.30. The highest BCUT2D eigenvalue weighted by atomic mass is 35.5. The molecule has 116 valence electrons. The van der Waals surface area contributed by atoms with Crippen molar-refractivity contribution in [3.8, 4) is 5.75 Å². The number of ether oxygens (including phenoxy) is 1. The summed E-state index contributed by atoms with van der Waals surface area (Å²) in [5.74, 6) is 0.696. The maximum Gasteiger partial charge on any atom is 0.260 e. The van der Waals surface area contributed by atoms with Gasteiger partial charge in [-0.2, -0.15) is 0 Å². The van der Waals surface area contributed by atoms with Crippen LogP contribution in [0, 0.1) is 0 Å². The average Bonchev–Trinajstić information content (AvgIpc) is 2.53. The lowest BCUT2D eigenvalue weighted by molar-refractivity contribution is -0.135. The molecule has 21 heavy (non-hydrogen) atoms. The molecule has 1 aliphatic rings. The molecule has 0 unspecified atom stereocenters. The molecule has 0 aromatic heterocycles. The van der Waals surface area contributed by atoms with Gasteiger partial charge >= 0.3 is 0 Å². The smallest absolute Gasteiger partial charge is 0.260 e. The van der Waals surface area contributed by atoms with Crippen LogP contribution in [0.2, 0.25) is 5.02 Å². The highest BCUT2D eigenvalue weighted by Crippen LogP contribution is 2.17. The maximum absolute atomic E-state index is 12.2.